The van der Waals surface area contributed by atoms with Crippen LogP contribution in [0.5, 0.6) is 0 Å². The molecule has 4 heteroatoms. The smallest absolute Gasteiger partial charge is 0.0728 e. The molecular formula is C13H24N4. The standard InChI is InChI=1S/C13H24N4/c1-3-7-17-8-4-5-12(6-9-17)15-13-10-14-16(2)11-13/h10-12,15H,3-9H2,1-2H3. The second-order valence-corrected chi connectivity index (χ2v) is 5.02. The van der Waals surface area contributed by atoms with Gasteiger partial charge in [-0.1, -0.05) is 6.92 Å². The summed E-state index contributed by atoms with van der Waals surface area (Å²) in [6.45, 7) is 6.00. The topological polar surface area (TPSA) is 33.1 Å². The van der Waals surface area contributed by atoms with Crippen LogP contribution in [0, 0.1) is 0 Å². The van der Waals surface area contributed by atoms with Gasteiger partial charge in [0.05, 0.1) is 11.9 Å². The molecule has 0 saturated carbocycles. The lowest BCUT2D eigenvalue weighted by molar-refractivity contribution is 0.285. The van der Waals surface area contributed by atoms with Crippen molar-refractivity contribution in [1.29, 1.82) is 0 Å². The van der Waals surface area contributed by atoms with Gasteiger partial charge in [0.15, 0.2) is 0 Å². The first-order valence-electron chi connectivity index (χ1n) is 6.75. The second-order valence-electron chi connectivity index (χ2n) is 5.02. The molecule has 0 amide bonds. The summed E-state index contributed by atoms with van der Waals surface area (Å²) < 4.78 is 1.85. The molecule has 4 nitrogen and oxygen atoms in total. The molecule has 1 unspecified atom stereocenters. The Bertz CT molecular complexity index is 334. The van der Waals surface area contributed by atoms with Gasteiger partial charge in [0, 0.05) is 25.8 Å². The van der Waals surface area contributed by atoms with Crippen LogP contribution >= 0.6 is 0 Å². The largest absolute Gasteiger partial charge is 0.380 e. The molecule has 2 rings (SSSR count). The minimum Gasteiger partial charge on any atom is -0.380 e. The molecule has 1 atom stereocenters. The number of hydrogen-bond donors (Lipinski definition) is 1. The average molecular weight is 236 g/mol. The Morgan fingerprint density at radius 2 is 2.29 bits per heavy atom. The van der Waals surface area contributed by atoms with Crippen molar-refractivity contribution in [3.8, 4) is 0 Å². The van der Waals surface area contributed by atoms with Crippen molar-refractivity contribution >= 4 is 5.69 Å². The highest BCUT2D eigenvalue weighted by Crippen LogP contribution is 2.16. The molecule has 0 aromatic carbocycles. The molecule has 1 aliphatic heterocycles. The van der Waals surface area contributed by atoms with Crippen LogP contribution in [0.3, 0.4) is 0 Å². The van der Waals surface area contributed by atoms with E-state index >= 15 is 0 Å². The Kier molecular flexibility index (Phi) is 4.42. The molecule has 1 N–H and O–H groups in total. The zero-order chi connectivity index (χ0) is 12.1. The van der Waals surface area contributed by atoms with Crippen LogP contribution in [0.15, 0.2) is 12.4 Å². The first-order chi connectivity index (χ1) is 8.28. The first-order valence-corrected chi connectivity index (χ1v) is 6.75. The Labute approximate surface area is 104 Å². The van der Waals surface area contributed by atoms with E-state index in [9.17, 15) is 0 Å². The van der Waals surface area contributed by atoms with Gasteiger partial charge >= 0.3 is 0 Å². The fraction of sp³-hybridized carbons (Fsp3) is 0.769. The first kappa shape index (κ1) is 12.4. The van der Waals surface area contributed by atoms with Crippen molar-refractivity contribution in [1.82, 2.24) is 14.7 Å². The van der Waals surface area contributed by atoms with E-state index in [4.69, 9.17) is 0 Å². The van der Waals surface area contributed by atoms with E-state index in [0.717, 1.165) is 5.69 Å². The van der Waals surface area contributed by atoms with E-state index in [-0.39, 0.29) is 0 Å². The van der Waals surface area contributed by atoms with Crippen molar-refractivity contribution in [3.05, 3.63) is 12.4 Å². The molecule has 17 heavy (non-hydrogen) atoms. The zero-order valence-corrected chi connectivity index (χ0v) is 11.0. The lowest BCUT2D eigenvalue weighted by Gasteiger charge is -2.19. The minimum atomic E-state index is 0.612. The maximum atomic E-state index is 4.19. The van der Waals surface area contributed by atoms with Gasteiger partial charge in [0.1, 0.15) is 0 Å². The highest BCUT2D eigenvalue weighted by Gasteiger charge is 2.16. The fourth-order valence-electron chi connectivity index (χ4n) is 2.57. The number of nitrogens with one attached hydrogen (secondary N) is 1. The van der Waals surface area contributed by atoms with Crippen molar-refractivity contribution in [3.63, 3.8) is 0 Å². The third-order valence-corrected chi connectivity index (χ3v) is 3.44. The highest BCUT2D eigenvalue weighted by atomic mass is 15.3. The summed E-state index contributed by atoms with van der Waals surface area (Å²) in [5, 5.41) is 7.79. The zero-order valence-electron chi connectivity index (χ0n) is 11.0. The van der Waals surface area contributed by atoms with Crippen LogP contribution in [-0.2, 0) is 7.05 Å². The molecule has 1 aromatic heterocycles. The molecular weight excluding hydrogens is 212 g/mol. The summed E-state index contributed by atoms with van der Waals surface area (Å²) >= 11 is 0. The molecule has 0 bridgehead atoms. The number of nitrogens with zero attached hydrogens (tertiary/aromatic N) is 3. The highest BCUT2D eigenvalue weighted by molar-refractivity contribution is 5.39. The molecule has 0 radical (unpaired) electrons. The lowest BCUT2D eigenvalue weighted by Crippen LogP contribution is -2.27. The van der Waals surface area contributed by atoms with Gasteiger partial charge in [-0.3, -0.25) is 4.68 Å². The van der Waals surface area contributed by atoms with Crippen LogP contribution in [0.2, 0.25) is 0 Å². The average Bonchev–Trinajstić information content (AvgIpc) is 2.58. The number of hydrogen-bond acceptors (Lipinski definition) is 3. The molecule has 0 spiro atoms. The molecule has 2 heterocycles. The summed E-state index contributed by atoms with van der Waals surface area (Å²) in [5.41, 5.74) is 1.15. The monoisotopic (exact) mass is 236 g/mol. The van der Waals surface area contributed by atoms with Gasteiger partial charge in [-0.2, -0.15) is 5.10 Å². The lowest BCUT2D eigenvalue weighted by atomic mass is 10.1. The molecule has 1 aliphatic rings. The Hall–Kier alpha value is -1.03. The Morgan fingerprint density at radius 3 is 3.00 bits per heavy atom. The number of aromatic nitrogens is 2. The quantitative estimate of drug-likeness (QED) is 0.869. The van der Waals surface area contributed by atoms with Crippen molar-refractivity contribution in [2.45, 2.75) is 38.6 Å². The summed E-state index contributed by atoms with van der Waals surface area (Å²) in [6.07, 6.45) is 9.05. The molecule has 1 aromatic rings. The summed E-state index contributed by atoms with van der Waals surface area (Å²) in [4.78, 5) is 2.59. The van der Waals surface area contributed by atoms with Gasteiger partial charge in [-0.15, -0.1) is 0 Å². The van der Waals surface area contributed by atoms with E-state index in [0.29, 0.717) is 6.04 Å². The van der Waals surface area contributed by atoms with Crippen LogP contribution in [-0.4, -0.2) is 40.4 Å². The van der Waals surface area contributed by atoms with Crippen LogP contribution < -0.4 is 5.32 Å². The molecule has 1 fully saturated rings. The third-order valence-electron chi connectivity index (χ3n) is 3.44. The third kappa shape index (κ3) is 3.73. The predicted molar refractivity (Wildman–Crippen MR) is 71.2 cm³/mol. The summed E-state index contributed by atoms with van der Waals surface area (Å²) in [6, 6.07) is 0.612. The van der Waals surface area contributed by atoms with E-state index < -0.39 is 0 Å². The molecule has 0 aliphatic carbocycles. The SMILES string of the molecule is CCCN1CCCC(Nc2cnn(C)c2)CC1. The summed E-state index contributed by atoms with van der Waals surface area (Å²) in [5.74, 6) is 0. The maximum absolute atomic E-state index is 4.19. The van der Waals surface area contributed by atoms with Gasteiger partial charge in [-0.25, -0.2) is 0 Å². The maximum Gasteiger partial charge on any atom is 0.0728 e. The van der Waals surface area contributed by atoms with Gasteiger partial charge in [0.2, 0.25) is 0 Å². The van der Waals surface area contributed by atoms with Crippen LogP contribution in [0.1, 0.15) is 32.6 Å². The number of likely N-dealkylation sites (tertiary alicyclic amines) is 1. The second kappa shape index (κ2) is 6.05. The van der Waals surface area contributed by atoms with Crippen molar-refractivity contribution in [2.75, 3.05) is 25.0 Å². The number of rotatable bonds is 4. The van der Waals surface area contributed by atoms with Crippen LogP contribution in [0.25, 0.3) is 0 Å². The van der Waals surface area contributed by atoms with E-state index in [1.165, 1.54) is 45.3 Å². The number of anilines is 1. The number of aryl methyl sites for hydroxylation is 1. The minimum absolute atomic E-state index is 0.612. The van der Waals surface area contributed by atoms with E-state index in [1.807, 2.05) is 17.9 Å². The van der Waals surface area contributed by atoms with E-state index in [1.54, 1.807) is 0 Å². The Balaban J connectivity index is 1.82. The van der Waals surface area contributed by atoms with Crippen molar-refractivity contribution in [2.24, 2.45) is 7.05 Å². The van der Waals surface area contributed by atoms with E-state index in [2.05, 4.69) is 28.4 Å². The fourth-order valence-corrected chi connectivity index (χ4v) is 2.57. The van der Waals surface area contributed by atoms with Gasteiger partial charge in [0.25, 0.3) is 0 Å². The van der Waals surface area contributed by atoms with Crippen molar-refractivity contribution < 1.29 is 0 Å². The van der Waals surface area contributed by atoms with Crippen LogP contribution in [0.4, 0.5) is 5.69 Å². The predicted octanol–water partition coefficient (Wildman–Crippen LogP) is 2.10. The molecule has 1 saturated heterocycles. The van der Waals surface area contributed by atoms with Gasteiger partial charge < -0.3 is 10.2 Å². The Morgan fingerprint density at radius 1 is 1.41 bits per heavy atom. The molecule has 96 valence electrons. The van der Waals surface area contributed by atoms with Gasteiger partial charge in [-0.05, 0) is 38.8 Å². The normalized spacial score (nSPS) is 22.4. The summed E-state index contributed by atoms with van der Waals surface area (Å²) in [7, 11) is 1.96.